The molecule has 18 heavy (non-hydrogen) atoms. The largest absolute Gasteiger partial charge is 0.384 e. The van der Waals surface area contributed by atoms with Crippen LogP contribution < -0.4 is 10.6 Å². The van der Waals surface area contributed by atoms with E-state index in [2.05, 4.69) is 19.4 Å². The number of nitrogens with two attached hydrogens (primary N) is 1. The Morgan fingerprint density at radius 3 is 3.00 bits per heavy atom. The van der Waals surface area contributed by atoms with Crippen molar-refractivity contribution in [1.82, 2.24) is 14.5 Å². The molecule has 0 fully saturated rings. The van der Waals surface area contributed by atoms with Gasteiger partial charge in [0.05, 0.1) is 12.1 Å². The number of nitrogen functional groups attached to an aromatic ring is 1. The summed E-state index contributed by atoms with van der Waals surface area (Å²) in [5.74, 6) is 1.83. The zero-order valence-electron chi connectivity index (χ0n) is 9.87. The first kappa shape index (κ1) is 10.8. The second-order valence-electron chi connectivity index (χ2n) is 4.25. The van der Waals surface area contributed by atoms with E-state index in [0.29, 0.717) is 12.1 Å². The van der Waals surface area contributed by atoms with Crippen molar-refractivity contribution < 1.29 is 0 Å². The Morgan fingerprint density at radius 1 is 1.28 bits per heavy atom. The highest BCUT2D eigenvalue weighted by molar-refractivity contribution is 5.99. The molecule has 6 nitrogen and oxygen atoms in total. The smallest absolute Gasteiger partial charge is 0.139 e. The van der Waals surface area contributed by atoms with Gasteiger partial charge in [-0.1, -0.05) is 0 Å². The van der Waals surface area contributed by atoms with Crippen LogP contribution in [-0.2, 0) is 13.1 Å². The third-order valence-corrected chi connectivity index (χ3v) is 3.12. The van der Waals surface area contributed by atoms with Crippen molar-refractivity contribution in [2.75, 3.05) is 11.4 Å². The summed E-state index contributed by atoms with van der Waals surface area (Å²) in [6.45, 7) is 2.42. The third kappa shape index (κ3) is 1.71. The Balaban J connectivity index is 1.95. The molecule has 0 spiro atoms. The number of hydrogen-bond acceptors (Lipinski definition) is 4. The lowest BCUT2D eigenvalue weighted by Crippen LogP contribution is -2.35. The maximum atomic E-state index is 7.60. The summed E-state index contributed by atoms with van der Waals surface area (Å²) in [5.41, 5.74) is 6.27. The number of aromatic nitrogens is 3. The number of imidazole rings is 1. The van der Waals surface area contributed by atoms with E-state index in [1.165, 1.54) is 0 Å². The number of fused-ring (bicyclic) bond motifs is 1. The standard InChI is InChI=1S/C12H14N6/c13-11(14)9-2-1-3-16-12(9)18-7-6-17-5-4-15-10(17)8-18/h1-5H,6-8H2,(H3,13,14). The minimum Gasteiger partial charge on any atom is -0.384 e. The fourth-order valence-electron chi connectivity index (χ4n) is 2.21. The molecule has 0 saturated heterocycles. The molecule has 1 aliphatic rings. The van der Waals surface area contributed by atoms with E-state index in [-0.39, 0.29) is 5.84 Å². The molecule has 6 heteroatoms. The normalized spacial score (nSPS) is 14.3. The fourth-order valence-corrected chi connectivity index (χ4v) is 2.21. The van der Waals surface area contributed by atoms with Gasteiger partial charge in [-0.2, -0.15) is 0 Å². The molecule has 0 saturated carbocycles. The zero-order valence-corrected chi connectivity index (χ0v) is 9.87. The fraction of sp³-hybridized carbons (Fsp3) is 0.250. The number of anilines is 1. The van der Waals surface area contributed by atoms with Crippen LogP contribution in [0.25, 0.3) is 0 Å². The van der Waals surface area contributed by atoms with Gasteiger partial charge in [0.25, 0.3) is 0 Å². The van der Waals surface area contributed by atoms with Crippen molar-refractivity contribution in [3.63, 3.8) is 0 Å². The molecule has 0 bridgehead atoms. The lowest BCUT2D eigenvalue weighted by Gasteiger charge is -2.29. The van der Waals surface area contributed by atoms with Gasteiger partial charge in [-0.25, -0.2) is 9.97 Å². The van der Waals surface area contributed by atoms with Crippen molar-refractivity contribution in [3.05, 3.63) is 42.1 Å². The van der Waals surface area contributed by atoms with Gasteiger partial charge in [-0.15, -0.1) is 0 Å². The van der Waals surface area contributed by atoms with Gasteiger partial charge in [0, 0.05) is 31.7 Å². The number of rotatable bonds is 2. The van der Waals surface area contributed by atoms with E-state index in [1.807, 2.05) is 18.5 Å². The van der Waals surface area contributed by atoms with Crippen LogP contribution in [0.3, 0.4) is 0 Å². The summed E-state index contributed by atoms with van der Waals surface area (Å²) < 4.78 is 2.13. The van der Waals surface area contributed by atoms with Crippen LogP contribution in [0.15, 0.2) is 30.7 Å². The van der Waals surface area contributed by atoms with Gasteiger partial charge in [-0.3, -0.25) is 5.41 Å². The highest BCUT2D eigenvalue weighted by Crippen LogP contribution is 2.21. The van der Waals surface area contributed by atoms with Gasteiger partial charge in [0.2, 0.25) is 0 Å². The molecule has 0 aromatic carbocycles. The Morgan fingerprint density at radius 2 is 2.17 bits per heavy atom. The van der Waals surface area contributed by atoms with Gasteiger partial charge in [0.1, 0.15) is 17.5 Å². The van der Waals surface area contributed by atoms with Crippen molar-refractivity contribution in [2.24, 2.45) is 5.73 Å². The third-order valence-electron chi connectivity index (χ3n) is 3.12. The van der Waals surface area contributed by atoms with Crippen molar-refractivity contribution >= 4 is 11.7 Å². The van der Waals surface area contributed by atoms with Crippen molar-refractivity contribution in [2.45, 2.75) is 13.1 Å². The van der Waals surface area contributed by atoms with Gasteiger partial charge in [0.15, 0.2) is 0 Å². The van der Waals surface area contributed by atoms with Crippen LogP contribution in [0, 0.1) is 5.41 Å². The van der Waals surface area contributed by atoms with Crippen molar-refractivity contribution in [3.8, 4) is 0 Å². The molecule has 3 rings (SSSR count). The molecular weight excluding hydrogens is 228 g/mol. The molecule has 0 atom stereocenters. The predicted octanol–water partition coefficient (Wildman–Crippen LogP) is 0.582. The van der Waals surface area contributed by atoms with Gasteiger partial charge in [-0.05, 0) is 12.1 Å². The minimum absolute atomic E-state index is 0.0482. The SMILES string of the molecule is N=C(N)c1cccnc1N1CCn2ccnc2C1. The van der Waals surface area contributed by atoms with E-state index in [9.17, 15) is 0 Å². The molecule has 0 unspecified atom stereocenters. The molecule has 2 aromatic heterocycles. The van der Waals surface area contributed by atoms with Crippen LogP contribution in [-0.4, -0.2) is 26.9 Å². The second-order valence-corrected chi connectivity index (χ2v) is 4.25. The van der Waals surface area contributed by atoms with E-state index in [1.54, 1.807) is 12.3 Å². The highest BCUT2D eigenvalue weighted by Gasteiger charge is 2.20. The van der Waals surface area contributed by atoms with Crippen LogP contribution in [0.4, 0.5) is 5.82 Å². The first-order valence-corrected chi connectivity index (χ1v) is 5.80. The first-order chi connectivity index (χ1) is 8.75. The monoisotopic (exact) mass is 242 g/mol. The average molecular weight is 242 g/mol. The van der Waals surface area contributed by atoms with Crippen molar-refractivity contribution in [1.29, 1.82) is 5.41 Å². The summed E-state index contributed by atoms with van der Waals surface area (Å²) in [5, 5.41) is 7.60. The molecule has 92 valence electrons. The Labute approximate surface area is 105 Å². The molecule has 0 amide bonds. The number of pyridine rings is 1. The van der Waals surface area contributed by atoms with Crippen LogP contribution in [0.5, 0.6) is 0 Å². The van der Waals surface area contributed by atoms with Crippen LogP contribution in [0.2, 0.25) is 0 Å². The lowest BCUT2D eigenvalue weighted by atomic mass is 10.2. The predicted molar refractivity (Wildman–Crippen MR) is 68.5 cm³/mol. The first-order valence-electron chi connectivity index (χ1n) is 5.80. The second kappa shape index (κ2) is 4.14. The molecular formula is C12H14N6. The maximum absolute atomic E-state index is 7.60. The number of nitrogens with one attached hydrogen (secondary N) is 1. The topological polar surface area (TPSA) is 83.8 Å². The highest BCUT2D eigenvalue weighted by atomic mass is 15.3. The zero-order chi connectivity index (χ0) is 12.5. The Bertz CT molecular complexity index is 588. The summed E-state index contributed by atoms with van der Waals surface area (Å²) in [7, 11) is 0. The summed E-state index contributed by atoms with van der Waals surface area (Å²) in [6.07, 6.45) is 5.52. The Kier molecular flexibility index (Phi) is 2.47. The molecule has 0 aliphatic carbocycles. The summed E-state index contributed by atoms with van der Waals surface area (Å²) in [4.78, 5) is 10.8. The summed E-state index contributed by atoms with van der Waals surface area (Å²) >= 11 is 0. The molecule has 3 N–H and O–H groups in total. The average Bonchev–Trinajstić information content (AvgIpc) is 2.85. The maximum Gasteiger partial charge on any atom is 0.139 e. The quantitative estimate of drug-likeness (QED) is 0.596. The molecule has 2 aromatic rings. The van der Waals surface area contributed by atoms with E-state index in [4.69, 9.17) is 11.1 Å². The Hall–Kier alpha value is -2.37. The molecule has 1 aliphatic heterocycles. The lowest BCUT2D eigenvalue weighted by molar-refractivity contribution is 0.556. The molecule has 0 radical (unpaired) electrons. The number of hydrogen-bond donors (Lipinski definition) is 2. The van der Waals surface area contributed by atoms with E-state index in [0.717, 1.165) is 24.7 Å². The number of amidine groups is 1. The van der Waals surface area contributed by atoms with Gasteiger partial charge < -0.3 is 15.2 Å². The van der Waals surface area contributed by atoms with Crippen LogP contribution in [0.1, 0.15) is 11.4 Å². The van der Waals surface area contributed by atoms with Crippen LogP contribution >= 0.6 is 0 Å². The van der Waals surface area contributed by atoms with Gasteiger partial charge >= 0.3 is 0 Å². The van der Waals surface area contributed by atoms with E-state index >= 15 is 0 Å². The van der Waals surface area contributed by atoms with E-state index < -0.39 is 0 Å². The molecule has 3 heterocycles. The minimum atomic E-state index is 0.0482. The summed E-state index contributed by atoms with van der Waals surface area (Å²) in [6, 6.07) is 3.62. The number of nitrogens with zero attached hydrogens (tertiary/aromatic N) is 4.